The number of fused-ring (bicyclic) bond motifs is 3. The number of ether oxygens (including phenoxy) is 2. The highest BCUT2D eigenvalue weighted by atomic mass is 16.5. The van der Waals surface area contributed by atoms with Crippen molar-refractivity contribution >= 4 is 0 Å². The molecule has 0 spiro atoms. The molecule has 2 nitrogen and oxygen atoms in total. The van der Waals surface area contributed by atoms with E-state index in [0.717, 1.165) is 25.2 Å². The van der Waals surface area contributed by atoms with Crippen molar-refractivity contribution in [1.82, 2.24) is 0 Å². The highest BCUT2D eigenvalue weighted by molar-refractivity contribution is 5.40. The van der Waals surface area contributed by atoms with E-state index in [1.54, 1.807) is 7.11 Å². The molecule has 0 N–H and O–H groups in total. The van der Waals surface area contributed by atoms with Crippen LogP contribution in [-0.2, 0) is 11.2 Å². The van der Waals surface area contributed by atoms with Gasteiger partial charge in [0.05, 0.1) is 13.2 Å². The Morgan fingerprint density at radius 2 is 1.91 bits per heavy atom. The van der Waals surface area contributed by atoms with E-state index in [9.17, 15) is 0 Å². The smallest absolute Gasteiger partial charge is 0.119 e. The van der Waals surface area contributed by atoms with Gasteiger partial charge in [0.25, 0.3) is 0 Å². The molecular formula is C20H22O2. The molecule has 0 amide bonds. The topological polar surface area (TPSA) is 18.5 Å². The van der Waals surface area contributed by atoms with Gasteiger partial charge in [-0.15, -0.1) is 0 Å². The zero-order valence-corrected chi connectivity index (χ0v) is 13.0. The van der Waals surface area contributed by atoms with Crippen LogP contribution >= 0.6 is 0 Å². The first kappa shape index (κ1) is 13.8. The lowest BCUT2D eigenvalue weighted by Crippen LogP contribution is -2.33. The molecule has 22 heavy (non-hydrogen) atoms. The highest BCUT2D eigenvalue weighted by Crippen LogP contribution is 2.49. The summed E-state index contributed by atoms with van der Waals surface area (Å²) in [5, 5.41) is 0. The van der Waals surface area contributed by atoms with Crippen molar-refractivity contribution in [3.05, 3.63) is 65.2 Å². The largest absolute Gasteiger partial charge is 0.497 e. The van der Waals surface area contributed by atoms with Crippen molar-refractivity contribution in [2.45, 2.75) is 31.3 Å². The molecule has 2 aliphatic rings. The molecule has 3 atom stereocenters. The van der Waals surface area contributed by atoms with Crippen molar-refractivity contribution in [2.24, 2.45) is 5.92 Å². The van der Waals surface area contributed by atoms with Gasteiger partial charge in [0, 0.05) is 6.61 Å². The lowest BCUT2D eigenvalue weighted by Gasteiger charge is -2.42. The summed E-state index contributed by atoms with van der Waals surface area (Å²) in [5.41, 5.74) is 4.31. The zero-order valence-electron chi connectivity index (χ0n) is 13.0. The van der Waals surface area contributed by atoms with Crippen LogP contribution in [0.15, 0.2) is 48.5 Å². The van der Waals surface area contributed by atoms with Gasteiger partial charge in [-0.1, -0.05) is 36.4 Å². The lowest BCUT2D eigenvalue weighted by atomic mass is 9.69. The summed E-state index contributed by atoms with van der Waals surface area (Å²) in [6, 6.07) is 17.3. The van der Waals surface area contributed by atoms with Gasteiger partial charge >= 0.3 is 0 Å². The first-order valence-electron chi connectivity index (χ1n) is 8.20. The van der Waals surface area contributed by atoms with Crippen LogP contribution in [0.2, 0.25) is 0 Å². The zero-order chi connectivity index (χ0) is 14.9. The molecule has 2 aromatic rings. The minimum absolute atomic E-state index is 0.246. The standard InChI is InChI=1S/C20H22O2/c1-21-16-8-10-17-15(13-16)7-9-19-18(17)11-12-22-20(19)14-5-3-2-4-6-14/h2-6,8,10,13,18-20H,7,9,11-12H2,1H3/t18-,19+,20+/m1/s1. The maximum atomic E-state index is 6.17. The SMILES string of the molecule is COc1ccc2c(c1)CC[C@H]1[C@@H]2CCO[C@H]1c1ccccc1. The van der Waals surface area contributed by atoms with Crippen LogP contribution in [-0.4, -0.2) is 13.7 Å². The molecule has 1 heterocycles. The van der Waals surface area contributed by atoms with Crippen LogP contribution in [0, 0.1) is 5.92 Å². The van der Waals surface area contributed by atoms with Gasteiger partial charge in [-0.2, -0.15) is 0 Å². The molecule has 1 fully saturated rings. The minimum atomic E-state index is 0.246. The number of rotatable bonds is 2. The summed E-state index contributed by atoms with van der Waals surface area (Å²) in [4.78, 5) is 0. The van der Waals surface area contributed by atoms with Crippen molar-refractivity contribution in [3.8, 4) is 5.75 Å². The molecule has 0 unspecified atom stereocenters. The molecule has 0 aromatic heterocycles. The number of hydrogen-bond donors (Lipinski definition) is 0. The second-order valence-corrected chi connectivity index (χ2v) is 6.36. The number of aryl methyl sites for hydroxylation is 1. The lowest BCUT2D eigenvalue weighted by molar-refractivity contribution is -0.0459. The van der Waals surface area contributed by atoms with Crippen LogP contribution in [0.4, 0.5) is 0 Å². The third-order valence-corrected chi connectivity index (χ3v) is 5.26. The fraction of sp³-hybridized carbons (Fsp3) is 0.400. The van der Waals surface area contributed by atoms with Gasteiger partial charge in [0.2, 0.25) is 0 Å². The third kappa shape index (κ3) is 2.32. The number of methoxy groups -OCH3 is 1. The Kier molecular flexibility index (Phi) is 3.63. The predicted molar refractivity (Wildman–Crippen MR) is 87.3 cm³/mol. The third-order valence-electron chi connectivity index (χ3n) is 5.26. The molecule has 0 radical (unpaired) electrons. The van der Waals surface area contributed by atoms with Crippen molar-refractivity contribution < 1.29 is 9.47 Å². The Bertz CT molecular complexity index is 650. The summed E-state index contributed by atoms with van der Waals surface area (Å²) >= 11 is 0. The van der Waals surface area contributed by atoms with Crippen molar-refractivity contribution in [2.75, 3.05) is 13.7 Å². The summed E-state index contributed by atoms with van der Waals surface area (Å²) < 4.78 is 11.6. The van der Waals surface area contributed by atoms with Gasteiger partial charge in [0.15, 0.2) is 0 Å². The van der Waals surface area contributed by atoms with Gasteiger partial charge in [-0.25, -0.2) is 0 Å². The molecule has 4 rings (SSSR count). The maximum Gasteiger partial charge on any atom is 0.119 e. The molecule has 1 saturated heterocycles. The predicted octanol–water partition coefficient (Wildman–Crippen LogP) is 4.50. The van der Waals surface area contributed by atoms with E-state index in [-0.39, 0.29) is 6.10 Å². The Hall–Kier alpha value is -1.80. The van der Waals surface area contributed by atoms with E-state index in [0.29, 0.717) is 11.8 Å². The van der Waals surface area contributed by atoms with Crippen LogP contribution < -0.4 is 4.74 Å². The normalized spacial score (nSPS) is 26.9. The molecule has 1 aliphatic heterocycles. The minimum Gasteiger partial charge on any atom is -0.497 e. The Balaban J connectivity index is 1.68. The van der Waals surface area contributed by atoms with Crippen LogP contribution in [0.5, 0.6) is 5.75 Å². The average Bonchev–Trinajstić information content (AvgIpc) is 2.61. The number of hydrogen-bond acceptors (Lipinski definition) is 2. The van der Waals surface area contributed by atoms with Crippen LogP contribution in [0.1, 0.15) is 41.6 Å². The first-order valence-corrected chi connectivity index (χ1v) is 8.20. The fourth-order valence-electron chi connectivity index (χ4n) is 4.20. The summed E-state index contributed by atoms with van der Waals surface area (Å²) in [6.45, 7) is 0.853. The quantitative estimate of drug-likeness (QED) is 0.811. The summed E-state index contributed by atoms with van der Waals surface area (Å²) in [6.07, 6.45) is 3.70. The van der Waals surface area contributed by atoms with Gasteiger partial charge in [-0.05, 0) is 59.9 Å². The van der Waals surface area contributed by atoms with Gasteiger partial charge < -0.3 is 9.47 Å². The molecule has 114 valence electrons. The Morgan fingerprint density at radius 3 is 2.73 bits per heavy atom. The Morgan fingerprint density at radius 1 is 1.05 bits per heavy atom. The van der Waals surface area contributed by atoms with Gasteiger partial charge in [-0.3, -0.25) is 0 Å². The van der Waals surface area contributed by atoms with E-state index in [2.05, 4.69) is 48.5 Å². The van der Waals surface area contributed by atoms with E-state index in [4.69, 9.17) is 9.47 Å². The fourth-order valence-corrected chi connectivity index (χ4v) is 4.20. The Labute approximate surface area is 132 Å². The molecule has 0 bridgehead atoms. The van der Waals surface area contributed by atoms with Crippen molar-refractivity contribution in [1.29, 1.82) is 0 Å². The molecule has 0 saturated carbocycles. The molecule has 2 heteroatoms. The number of benzene rings is 2. The maximum absolute atomic E-state index is 6.17. The highest BCUT2D eigenvalue weighted by Gasteiger charge is 2.39. The second kappa shape index (κ2) is 5.77. The van der Waals surface area contributed by atoms with Crippen LogP contribution in [0.25, 0.3) is 0 Å². The average molecular weight is 294 g/mol. The summed E-state index contributed by atoms with van der Waals surface area (Å²) in [7, 11) is 1.74. The van der Waals surface area contributed by atoms with Crippen molar-refractivity contribution in [3.63, 3.8) is 0 Å². The van der Waals surface area contributed by atoms with Crippen LogP contribution in [0.3, 0.4) is 0 Å². The molecule has 2 aromatic carbocycles. The molecular weight excluding hydrogens is 272 g/mol. The molecule has 1 aliphatic carbocycles. The van der Waals surface area contributed by atoms with E-state index < -0.39 is 0 Å². The summed E-state index contributed by atoms with van der Waals surface area (Å²) in [5.74, 6) is 2.19. The van der Waals surface area contributed by atoms with E-state index >= 15 is 0 Å². The second-order valence-electron chi connectivity index (χ2n) is 6.36. The van der Waals surface area contributed by atoms with E-state index in [1.807, 2.05) is 0 Å². The monoisotopic (exact) mass is 294 g/mol. The first-order chi connectivity index (χ1) is 10.9. The van der Waals surface area contributed by atoms with Gasteiger partial charge in [0.1, 0.15) is 5.75 Å². The van der Waals surface area contributed by atoms with E-state index in [1.165, 1.54) is 23.1 Å².